The minimum atomic E-state index is -0.713. The smallest absolute Gasteiger partial charge is 0.261 e. The van der Waals surface area contributed by atoms with Crippen molar-refractivity contribution in [2.45, 2.75) is 6.54 Å². The molecule has 0 saturated carbocycles. The topological polar surface area (TPSA) is 108 Å². The maximum absolute atomic E-state index is 15.2. The number of carbonyl (C=O) groups is 1. The fourth-order valence-electron chi connectivity index (χ4n) is 3.88. The molecule has 0 unspecified atom stereocenters. The van der Waals surface area contributed by atoms with Crippen LogP contribution in [-0.4, -0.2) is 35.4 Å². The number of aromatic nitrogens is 6. The SMILES string of the molecule is C#Cc1ccc(CN(C(=O)c2cc3c(cc2F)nc(N)c2cnn(C)c23)c2cnn(C)c2)nc1. The molecule has 1 aromatic carbocycles. The molecule has 0 radical (unpaired) electrons. The first-order chi connectivity index (χ1) is 16.4. The summed E-state index contributed by atoms with van der Waals surface area (Å²) in [5, 5.41) is 9.58. The number of carbonyl (C=O) groups excluding carboxylic acids is 1. The number of rotatable bonds is 4. The average molecular weight is 454 g/mol. The predicted molar refractivity (Wildman–Crippen MR) is 126 cm³/mol. The van der Waals surface area contributed by atoms with E-state index in [4.69, 9.17) is 12.2 Å². The number of amides is 1. The van der Waals surface area contributed by atoms with E-state index < -0.39 is 11.7 Å². The van der Waals surface area contributed by atoms with Crippen LogP contribution in [0.15, 0.2) is 49.1 Å². The molecule has 4 aromatic heterocycles. The van der Waals surface area contributed by atoms with E-state index in [2.05, 4.69) is 26.1 Å². The van der Waals surface area contributed by atoms with Crippen LogP contribution in [0.3, 0.4) is 0 Å². The van der Waals surface area contributed by atoms with E-state index in [1.807, 2.05) is 0 Å². The molecule has 0 bridgehead atoms. The molecule has 34 heavy (non-hydrogen) atoms. The van der Waals surface area contributed by atoms with Gasteiger partial charge in [0.15, 0.2) is 0 Å². The zero-order valence-electron chi connectivity index (χ0n) is 18.4. The largest absolute Gasteiger partial charge is 0.383 e. The molecule has 1 amide bonds. The Bertz CT molecular complexity index is 1610. The first-order valence-corrected chi connectivity index (χ1v) is 10.3. The fourth-order valence-corrected chi connectivity index (χ4v) is 3.88. The molecule has 2 N–H and O–H groups in total. The molecule has 9 nitrogen and oxygen atoms in total. The summed E-state index contributed by atoms with van der Waals surface area (Å²) in [6.45, 7) is 0.0912. The Morgan fingerprint density at radius 1 is 1.18 bits per heavy atom. The van der Waals surface area contributed by atoms with Gasteiger partial charge in [0.1, 0.15) is 11.6 Å². The summed E-state index contributed by atoms with van der Waals surface area (Å²) in [5.41, 5.74) is 8.61. The summed E-state index contributed by atoms with van der Waals surface area (Å²) in [4.78, 5) is 23.7. The van der Waals surface area contributed by atoms with Gasteiger partial charge in [-0.3, -0.25) is 24.0 Å². The van der Waals surface area contributed by atoms with Gasteiger partial charge < -0.3 is 5.73 Å². The molecule has 0 aliphatic heterocycles. The van der Waals surface area contributed by atoms with Gasteiger partial charge in [-0.2, -0.15) is 10.2 Å². The lowest BCUT2D eigenvalue weighted by Crippen LogP contribution is -2.31. The molecular weight excluding hydrogens is 435 g/mol. The van der Waals surface area contributed by atoms with Crippen LogP contribution in [0.2, 0.25) is 0 Å². The lowest BCUT2D eigenvalue weighted by atomic mass is 10.1. The molecule has 10 heteroatoms. The van der Waals surface area contributed by atoms with Crippen molar-refractivity contribution in [3.63, 3.8) is 0 Å². The molecule has 5 aromatic rings. The van der Waals surface area contributed by atoms with E-state index >= 15 is 4.39 Å². The summed E-state index contributed by atoms with van der Waals surface area (Å²) >= 11 is 0. The number of nitrogen functional groups attached to an aromatic ring is 1. The minimum Gasteiger partial charge on any atom is -0.383 e. The lowest BCUT2D eigenvalue weighted by Gasteiger charge is -2.21. The fraction of sp³-hybridized carbons (Fsp3) is 0.125. The number of terminal acetylenes is 1. The van der Waals surface area contributed by atoms with Gasteiger partial charge in [0.05, 0.1) is 52.3 Å². The number of halogens is 1. The molecule has 0 fully saturated rings. The zero-order chi connectivity index (χ0) is 24.0. The van der Waals surface area contributed by atoms with Crippen molar-refractivity contribution in [1.82, 2.24) is 29.5 Å². The molecule has 4 heterocycles. The number of benzene rings is 1. The van der Waals surface area contributed by atoms with Crippen LogP contribution in [0.1, 0.15) is 21.6 Å². The van der Waals surface area contributed by atoms with E-state index in [0.717, 1.165) is 0 Å². The monoisotopic (exact) mass is 454 g/mol. The Hall–Kier alpha value is -4.78. The van der Waals surface area contributed by atoms with Crippen molar-refractivity contribution in [2.24, 2.45) is 14.1 Å². The Balaban J connectivity index is 1.64. The van der Waals surface area contributed by atoms with E-state index in [0.29, 0.717) is 38.8 Å². The van der Waals surface area contributed by atoms with Crippen LogP contribution in [0, 0.1) is 18.2 Å². The quantitative estimate of drug-likeness (QED) is 0.419. The second-order valence-electron chi connectivity index (χ2n) is 7.82. The number of nitrogens with two attached hydrogens (primary N) is 1. The second-order valence-corrected chi connectivity index (χ2v) is 7.82. The van der Waals surface area contributed by atoms with Gasteiger partial charge in [-0.25, -0.2) is 9.37 Å². The average Bonchev–Trinajstić information content (AvgIpc) is 3.43. The summed E-state index contributed by atoms with van der Waals surface area (Å²) in [7, 11) is 3.48. The Morgan fingerprint density at radius 2 is 2.00 bits per heavy atom. The van der Waals surface area contributed by atoms with E-state index in [1.165, 1.54) is 23.2 Å². The number of pyridine rings is 2. The molecule has 5 rings (SSSR count). The van der Waals surface area contributed by atoms with E-state index in [-0.39, 0.29) is 17.9 Å². The zero-order valence-corrected chi connectivity index (χ0v) is 18.4. The first-order valence-electron chi connectivity index (χ1n) is 10.3. The number of hydrogen-bond donors (Lipinski definition) is 1. The number of anilines is 2. The highest BCUT2D eigenvalue weighted by Gasteiger charge is 2.25. The van der Waals surface area contributed by atoms with Crippen LogP contribution in [0.25, 0.3) is 21.8 Å². The van der Waals surface area contributed by atoms with Gasteiger partial charge in [-0.05, 0) is 18.2 Å². The molecule has 0 atom stereocenters. The summed E-state index contributed by atoms with van der Waals surface area (Å²) in [5.74, 6) is 1.49. The number of nitrogens with zero attached hydrogens (tertiary/aromatic N) is 7. The Labute approximate surface area is 193 Å². The van der Waals surface area contributed by atoms with Gasteiger partial charge in [0.25, 0.3) is 5.91 Å². The van der Waals surface area contributed by atoms with Crippen molar-refractivity contribution in [2.75, 3.05) is 10.6 Å². The van der Waals surface area contributed by atoms with Crippen molar-refractivity contribution < 1.29 is 9.18 Å². The third-order valence-corrected chi connectivity index (χ3v) is 5.59. The molecule has 0 aliphatic carbocycles. The maximum atomic E-state index is 15.2. The van der Waals surface area contributed by atoms with Gasteiger partial charge in [-0.1, -0.05) is 5.92 Å². The molecule has 168 valence electrons. The highest BCUT2D eigenvalue weighted by atomic mass is 19.1. The van der Waals surface area contributed by atoms with Gasteiger partial charge in [0.2, 0.25) is 0 Å². The molecule has 0 spiro atoms. The van der Waals surface area contributed by atoms with E-state index in [1.54, 1.807) is 54.2 Å². The number of hydrogen-bond acceptors (Lipinski definition) is 6. The van der Waals surface area contributed by atoms with Crippen molar-refractivity contribution >= 4 is 39.2 Å². The van der Waals surface area contributed by atoms with Crippen molar-refractivity contribution in [1.29, 1.82) is 0 Å². The summed E-state index contributed by atoms with van der Waals surface area (Å²) < 4.78 is 18.4. The molecule has 0 saturated heterocycles. The van der Waals surface area contributed by atoms with Crippen molar-refractivity contribution in [3.8, 4) is 12.3 Å². The van der Waals surface area contributed by atoms with Crippen molar-refractivity contribution in [3.05, 3.63) is 71.7 Å². The van der Waals surface area contributed by atoms with Gasteiger partial charge in [-0.15, -0.1) is 6.42 Å². The van der Waals surface area contributed by atoms with Gasteiger partial charge >= 0.3 is 0 Å². The Kier molecular flexibility index (Phi) is 4.94. The predicted octanol–water partition coefficient (Wildman–Crippen LogP) is 2.80. The normalized spacial score (nSPS) is 11.1. The lowest BCUT2D eigenvalue weighted by molar-refractivity contribution is 0.0981. The van der Waals surface area contributed by atoms with Crippen LogP contribution >= 0.6 is 0 Å². The van der Waals surface area contributed by atoms with Crippen LogP contribution in [0.4, 0.5) is 15.9 Å². The summed E-state index contributed by atoms with van der Waals surface area (Å²) in [6.07, 6.45) is 11.8. The highest BCUT2D eigenvalue weighted by Crippen LogP contribution is 2.30. The third-order valence-electron chi connectivity index (χ3n) is 5.59. The van der Waals surface area contributed by atoms with Crippen LogP contribution in [0.5, 0.6) is 0 Å². The first kappa shape index (κ1) is 21.1. The Morgan fingerprint density at radius 3 is 2.68 bits per heavy atom. The van der Waals surface area contributed by atoms with Crippen LogP contribution < -0.4 is 10.6 Å². The minimum absolute atomic E-state index is 0.0912. The third kappa shape index (κ3) is 3.49. The van der Waals surface area contributed by atoms with E-state index in [9.17, 15) is 4.79 Å². The molecule has 0 aliphatic rings. The maximum Gasteiger partial charge on any atom is 0.261 e. The second kappa shape index (κ2) is 7.97. The van der Waals surface area contributed by atoms with Crippen LogP contribution in [-0.2, 0) is 20.6 Å². The standard InChI is InChI=1S/C24H19FN8O/c1-4-14-5-6-15(27-9-14)12-33(16-10-28-31(2)13-16)24(34)17-7-18-21(8-20(17)25)30-23(26)19-11-29-32(3)22(18)19/h1,5-11,13H,12H2,2-3H3,(H2,26,30). The summed E-state index contributed by atoms with van der Waals surface area (Å²) in [6, 6.07) is 6.17. The molecular formula is C24H19FN8O. The highest BCUT2D eigenvalue weighted by molar-refractivity contribution is 6.12. The number of aryl methyl sites for hydroxylation is 2. The van der Waals surface area contributed by atoms with Gasteiger partial charge in [0, 0.05) is 43.5 Å². The number of fused-ring (bicyclic) bond motifs is 3.